The Labute approximate surface area is 179 Å². The molecule has 6 nitrogen and oxygen atoms in total. The smallest absolute Gasteiger partial charge is 0.291 e. The molecule has 1 atom stereocenters. The lowest BCUT2D eigenvalue weighted by Crippen LogP contribution is -2.38. The first kappa shape index (κ1) is 20.2. The second kappa shape index (κ2) is 8.32. The molecule has 154 valence electrons. The van der Waals surface area contributed by atoms with E-state index in [4.69, 9.17) is 11.6 Å². The average Bonchev–Trinajstić information content (AvgIpc) is 3.04. The molecule has 2 aromatic heterocycles. The van der Waals surface area contributed by atoms with Gasteiger partial charge in [-0.2, -0.15) is 5.10 Å². The monoisotopic (exact) mass is 422 g/mol. The Kier molecular flexibility index (Phi) is 5.59. The van der Waals surface area contributed by atoms with Gasteiger partial charge in [-0.25, -0.2) is 4.68 Å². The molecule has 0 aliphatic carbocycles. The van der Waals surface area contributed by atoms with E-state index >= 15 is 0 Å². The van der Waals surface area contributed by atoms with Crippen LogP contribution in [0.25, 0.3) is 21.8 Å². The normalized spacial score (nSPS) is 12.4. The van der Waals surface area contributed by atoms with Gasteiger partial charge >= 0.3 is 0 Å². The van der Waals surface area contributed by atoms with Gasteiger partial charge in [-0.05, 0) is 37.1 Å². The Balaban J connectivity index is 1.84. The lowest BCUT2D eigenvalue weighted by atomic mass is 10.2. The van der Waals surface area contributed by atoms with E-state index in [1.54, 1.807) is 6.20 Å². The Morgan fingerprint density at radius 3 is 2.73 bits per heavy atom. The largest absolute Gasteiger partial charge is 0.352 e. The lowest BCUT2D eigenvalue weighted by Gasteiger charge is -2.12. The summed E-state index contributed by atoms with van der Waals surface area (Å²) in [7, 11) is 0. The number of hydrogen-bond donors (Lipinski definition) is 1. The maximum Gasteiger partial charge on any atom is 0.291 e. The van der Waals surface area contributed by atoms with E-state index in [-0.39, 0.29) is 24.1 Å². The van der Waals surface area contributed by atoms with E-state index in [0.717, 1.165) is 28.3 Å². The minimum atomic E-state index is -0.287. The highest BCUT2D eigenvalue weighted by atomic mass is 35.5. The highest BCUT2D eigenvalue weighted by molar-refractivity contribution is 6.30. The molecule has 0 fully saturated rings. The fourth-order valence-corrected chi connectivity index (χ4v) is 3.86. The number of carbonyl (C=O) groups excluding carboxylic acids is 1. The number of para-hydroxylation sites is 1. The number of nitrogens with one attached hydrogen (secondary N) is 1. The van der Waals surface area contributed by atoms with Gasteiger partial charge in [-0.15, -0.1) is 0 Å². The number of nitrogens with zero attached hydrogens (tertiary/aromatic N) is 3. The maximum atomic E-state index is 13.3. The predicted octanol–water partition coefficient (Wildman–Crippen LogP) is 3.97. The zero-order valence-corrected chi connectivity index (χ0v) is 17.7. The molecule has 0 aliphatic heterocycles. The first-order valence-electron chi connectivity index (χ1n) is 9.98. The zero-order chi connectivity index (χ0) is 21.3. The Bertz CT molecular complexity index is 1290. The summed E-state index contributed by atoms with van der Waals surface area (Å²) in [6.45, 7) is 4.30. The average molecular weight is 423 g/mol. The fourth-order valence-electron chi connectivity index (χ4n) is 3.65. The first-order chi connectivity index (χ1) is 14.5. The van der Waals surface area contributed by atoms with E-state index in [2.05, 4.69) is 10.4 Å². The number of aromatic nitrogens is 3. The molecular formula is C23H23ClN4O2. The summed E-state index contributed by atoms with van der Waals surface area (Å²) in [4.78, 5) is 25.7. The van der Waals surface area contributed by atoms with Crippen LogP contribution in [0.15, 0.2) is 59.5 Å². The molecule has 30 heavy (non-hydrogen) atoms. The van der Waals surface area contributed by atoms with Gasteiger partial charge in [0.15, 0.2) is 0 Å². The molecule has 0 spiro atoms. The number of amides is 1. The van der Waals surface area contributed by atoms with Crippen molar-refractivity contribution in [1.29, 1.82) is 0 Å². The molecule has 4 aromatic rings. The summed E-state index contributed by atoms with van der Waals surface area (Å²) in [5, 5.41) is 9.53. The molecule has 1 amide bonds. The van der Waals surface area contributed by atoms with Gasteiger partial charge in [-0.1, -0.05) is 48.9 Å². The fraction of sp³-hybridized carbons (Fsp3) is 0.261. The molecule has 0 saturated carbocycles. The van der Waals surface area contributed by atoms with Crippen LogP contribution in [0, 0.1) is 0 Å². The second-order valence-corrected chi connectivity index (χ2v) is 7.92. The van der Waals surface area contributed by atoms with Crippen molar-refractivity contribution in [3.8, 4) is 0 Å². The third kappa shape index (κ3) is 3.83. The van der Waals surface area contributed by atoms with Crippen LogP contribution in [0.3, 0.4) is 0 Å². The molecular weight excluding hydrogens is 400 g/mol. The topological polar surface area (TPSA) is 68.9 Å². The van der Waals surface area contributed by atoms with E-state index in [1.807, 2.05) is 66.9 Å². The summed E-state index contributed by atoms with van der Waals surface area (Å²) in [5.74, 6) is -0.226. The van der Waals surface area contributed by atoms with E-state index in [9.17, 15) is 9.59 Å². The Morgan fingerprint density at radius 2 is 1.97 bits per heavy atom. The second-order valence-electron chi connectivity index (χ2n) is 7.48. The van der Waals surface area contributed by atoms with Crippen molar-refractivity contribution in [3.05, 3.63) is 75.7 Å². The van der Waals surface area contributed by atoms with Crippen molar-refractivity contribution >= 4 is 39.3 Å². The standard InChI is InChI=1S/C23H23ClN4O2/c1-3-15(2)26-21(29)14-28-23(30)22-19(12-25-28)18-9-4-5-10-20(18)27(22)13-16-7-6-8-17(24)11-16/h4-12,15H,3,13-14H2,1-2H3,(H,26,29). The van der Waals surface area contributed by atoms with Gasteiger partial charge in [0.25, 0.3) is 5.56 Å². The van der Waals surface area contributed by atoms with Crippen LogP contribution in [-0.2, 0) is 17.9 Å². The zero-order valence-electron chi connectivity index (χ0n) is 16.9. The van der Waals surface area contributed by atoms with Crippen molar-refractivity contribution < 1.29 is 4.79 Å². The lowest BCUT2D eigenvalue weighted by molar-refractivity contribution is -0.122. The van der Waals surface area contributed by atoms with Crippen LogP contribution in [0.1, 0.15) is 25.8 Å². The van der Waals surface area contributed by atoms with Gasteiger partial charge < -0.3 is 9.88 Å². The van der Waals surface area contributed by atoms with Crippen molar-refractivity contribution in [2.24, 2.45) is 0 Å². The minimum Gasteiger partial charge on any atom is -0.352 e. The quantitative estimate of drug-likeness (QED) is 0.511. The third-order valence-corrected chi connectivity index (χ3v) is 5.55. The van der Waals surface area contributed by atoms with Gasteiger partial charge in [-0.3, -0.25) is 9.59 Å². The minimum absolute atomic E-state index is 0.0474. The van der Waals surface area contributed by atoms with E-state index < -0.39 is 0 Å². The molecule has 0 saturated heterocycles. The Hall–Kier alpha value is -3.12. The summed E-state index contributed by atoms with van der Waals surface area (Å²) in [6, 6.07) is 15.5. The van der Waals surface area contributed by atoms with Crippen molar-refractivity contribution in [3.63, 3.8) is 0 Å². The molecule has 1 N–H and O–H groups in total. The molecule has 0 aliphatic rings. The number of rotatable bonds is 6. The molecule has 4 rings (SSSR count). The van der Waals surface area contributed by atoms with Crippen LogP contribution in [-0.4, -0.2) is 26.3 Å². The molecule has 1 unspecified atom stereocenters. The van der Waals surface area contributed by atoms with Gasteiger partial charge in [0.2, 0.25) is 5.91 Å². The third-order valence-electron chi connectivity index (χ3n) is 5.32. The van der Waals surface area contributed by atoms with Gasteiger partial charge in [0, 0.05) is 33.9 Å². The van der Waals surface area contributed by atoms with Crippen LogP contribution in [0.5, 0.6) is 0 Å². The number of benzene rings is 2. The van der Waals surface area contributed by atoms with E-state index in [0.29, 0.717) is 17.1 Å². The van der Waals surface area contributed by atoms with Crippen LogP contribution in [0.4, 0.5) is 0 Å². The highest BCUT2D eigenvalue weighted by Gasteiger charge is 2.17. The summed E-state index contributed by atoms with van der Waals surface area (Å²) < 4.78 is 3.21. The number of fused-ring (bicyclic) bond motifs is 3. The van der Waals surface area contributed by atoms with E-state index in [1.165, 1.54) is 4.68 Å². The van der Waals surface area contributed by atoms with Crippen LogP contribution in [0.2, 0.25) is 5.02 Å². The summed E-state index contributed by atoms with van der Waals surface area (Å²) >= 11 is 6.16. The van der Waals surface area contributed by atoms with Crippen molar-refractivity contribution in [2.75, 3.05) is 0 Å². The number of carbonyl (C=O) groups is 1. The van der Waals surface area contributed by atoms with Crippen LogP contribution >= 0.6 is 11.6 Å². The maximum absolute atomic E-state index is 13.3. The van der Waals surface area contributed by atoms with Crippen LogP contribution < -0.4 is 10.9 Å². The number of halogens is 1. The number of hydrogen-bond acceptors (Lipinski definition) is 3. The van der Waals surface area contributed by atoms with Gasteiger partial charge in [0.05, 0.1) is 6.20 Å². The molecule has 0 radical (unpaired) electrons. The highest BCUT2D eigenvalue weighted by Crippen LogP contribution is 2.27. The summed E-state index contributed by atoms with van der Waals surface area (Å²) in [6.07, 6.45) is 2.49. The van der Waals surface area contributed by atoms with Crippen molar-refractivity contribution in [2.45, 2.75) is 39.4 Å². The molecule has 7 heteroatoms. The van der Waals surface area contributed by atoms with Crippen molar-refractivity contribution in [1.82, 2.24) is 19.7 Å². The Morgan fingerprint density at radius 1 is 1.17 bits per heavy atom. The predicted molar refractivity (Wildman–Crippen MR) is 120 cm³/mol. The summed E-state index contributed by atoms with van der Waals surface area (Å²) in [5.41, 5.74) is 2.17. The SMILES string of the molecule is CCC(C)NC(=O)Cn1ncc2c3ccccc3n(Cc3cccc(Cl)c3)c2c1=O. The molecule has 0 bridgehead atoms. The van der Waals surface area contributed by atoms with Gasteiger partial charge in [0.1, 0.15) is 12.1 Å². The molecule has 2 heterocycles. The molecule has 2 aromatic carbocycles. The first-order valence-corrected chi connectivity index (χ1v) is 10.4.